The second-order valence-corrected chi connectivity index (χ2v) is 9.33. The molecule has 7 heteroatoms. The molecule has 5 nitrogen and oxygen atoms in total. The normalized spacial score (nSPS) is 11.2. The highest BCUT2D eigenvalue weighted by Crippen LogP contribution is 2.32. The molecule has 0 amide bonds. The van der Waals surface area contributed by atoms with Crippen LogP contribution in [0.3, 0.4) is 0 Å². The van der Waals surface area contributed by atoms with Gasteiger partial charge in [-0.2, -0.15) is 0 Å². The highest BCUT2D eigenvalue weighted by Gasteiger charge is 2.14. The summed E-state index contributed by atoms with van der Waals surface area (Å²) in [5.41, 5.74) is 4.53. The number of H-pyrrole nitrogens is 1. The van der Waals surface area contributed by atoms with Crippen LogP contribution in [0.4, 0.5) is 0 Å². The van der Waals surface area contributed by atoms with Crippen LogP contribution in [0.25, 0.3) is 21.3 Å². The number of carbonyl (C=O) groups excluding carboxylic acids is 1. The first-order valence-corrected chi connectivity index (χ1v) is 11.8. The number of esters is 1. The topological polar surface area (TPSA) is 72.0 Å². The van der Waals surface area contributed by atoms with E-state index < -0.39 is 0 Å². The largest absolute Gasteiger partial charge is 0.459 e. The van der Waals surface area contributed by atoms with E-state index in [0.717, 1.165) is 21.5 Å². The summed E-state index contributed by atoms with van der Waals surface area (Å²) < 4.78 is 5.21. The van der Waals surface area contributed by atoms with E-state index >= 15 is 0 Å². The molecule has 0 spiro atoms. The van der Waals surface area contributed by atoms with Crippen molar-refractivity contribution in [3.8, 4) is 11.1 Å². The fourth-order valence-corrected chi connectivity index (χ4v) is 4.94. The number of aryl methyl sites for hydroxylation is 1. The lowest BCUT2D eigenvalue weighted by molar-refractivity contribution is 0.0378. The van der Waals surface area contributed by atoms with Crippen molar-refractivity contribution >= 4 is 39.3 Å². The number of aromatic nitrogens is 2. The van der Waals surface area contributed by atoms with E-state index in [1.807, 2.05) is 62.5 Å². The van der Waals surface area contributed by atoms with Gasteiger partial charge in [-0.3, -0.25) is 4.79 Å². The van der Waals surface area contributed by atoms with Crippen LogP contribution in [0.1, 0.15) is 35.3 Å². The minimum atomic E-state index is -0.326. The van der Waals surface area contributed by atoms with Crippen molar-refractivity contribution in [2.45, 2.75) is 37.8 Å². The summed E-state index contributed by atoms with van der Waals surface area (Å²) in [4.78, 5) is 33.0. The lowest BCUT2D eigenvalue weighted by Crippen LogP contribution is -2.11. The molecule has 0 radical (unpaired) electrons. The Kier molecular flexibility index (Phi) is 6.25. The van der Waals surface area contributed by atoms with Crippen LogP contribution in [0, 0.1) is 6.92 Å². The van der Waals surface area contributed by atoms with Crippen molar-refractivity contribution in [3.05, 3.63) is 81.0 Å². The maximum atomic E-state index is 12.8. The van der Waals surface area contributed by atoms with Gasteiger partial charge in [-0.05, 0) is 44.0 Å². The maximum Gasteiger partial charge on any atom is 0.338 e. The van der Waals surface area contributed by atoms with E-state index in [9.17, 15) is 9.59 Å². The van der Waals surface area contributed by atoms with E-state index in [2.05, 4.69) is 9.97 Å². The summed E-state index contributed by atoms with van der Waals surface area (Å²) >= 11 is 2.94. The standard InChI is InChI=1S/C24H22N2O3S2/c1-14(2)29-23(28)18-10-6-16(7-11-18)12-31-24-25-21(27)20-19(13-30-22(20)26-24)17-8-4-15(3)5-9-17/h4-11,13-14H,12H2,1-3H3,(H,25,26,27). The average Bonchev–Trinajstić information content (AvgIpc) is 3.17. The molecule has 0 bridgehead atoms. The Balaban J connectivity index is 1.50. The van der Waals surface area contributed by atoms with Crippen molar-refractivity contribution in [3.63, 3.8) is 0 Å². The second-order valence-electron chi connectivity index (χ2n) is 7.51. The van der Waals surface area contributed by atoms with Crippen LogP contribution in [-0.2, 0) is 10.5 Å². The third kappa shape index (κ3) is 4.89. The maximum absolute atomic E-state index is 12.8. The average molecular weight is 451 g/mol. The molecular weight excluding hydrogens is 428 g/mol. The van der Waals surface area contributed by atoms with Gasteiger partial charge in [0, 0.05) is 16.7 Å². The molecule has 2 heterocycles. The Labute approximate surface area is 188 Å². The fourth-order valence-electron chi connectivity index (χ4n) is 3.11. The molecule has 0 aliphatic carbocycles. The van der Waals surface area contributed by atoms with Gasteiger partial charge in [0.1, 0.15) is 4.83 Å². The highest BCUT2D eigenvalue weighted by atomic mass is 32.2. The molecule has 1 N–H and O–H groups in total. The van der Waals surface area contributed by atoms with Crippen LogP contribution >= 0.6 is 23.1 Å². The van der Waals surface area contributed by atoms with Gasteiger partial charge in [0.15, 0.2) is 5.16 Å². The number of fused-ring (bicyclic) bond motifs is 1. The summed E-state index contributed by atoms with van der Waals surface area (Å²) in [6, 6.07) is 15.4. The number of thioether (sulfide) groups is 1. The number of hydrogen-bond acceptors (Lipinski definition) is 6. The first-order valence-electron chi connectivity index (χ1n) is 9.92. The van der Waals surface area contributed by atoms with Crippen LogP contribution in [0.15, 0.2) is 63.9 Å². The number of benzene rings is 2. The number of carbonyl (C=O) groups is 1. The zero-order valence-corrected chi connectivity index (χ0v) is 19.1. The smallest absolute Gasteiger partial charge is 0.338 e. The number of ether oxygens (including phenoxy) is 1. The first kappa shape index (κ1) is 21.3. The predicted molar refractivity (Wildman–Crippen MR) is 127 cm³/mol. The van der Waals surface area contributed by atoms with E-state index in [1.165, 1.54) is 28.7 Å². The molecule has 4 aromatic rings. The van der Waals surface area contributed by atoms with Crippen molar-refractivity contribution in [2.24, 2.45) is 0 Å². The summed E-state index contributed by atoms with van der Waals surface area (Å²) in [5, 5.41) is 3.20. The zero-order chi connectivity index (χ0) is 22.0. The molecule has 158 valence electrons. The van der Waals surface area contributed by atoms with Gasteiger partial charge in [0.05, 0.1) is 17.1 Å². The molecule has 0 fully saturated rings. The van der Waals surface area contributed by atoms with Gasteiger partial charge in [-0.1, -0.05) is 53.7 Å². The SMILES string of the molecule is Cc1ccc(-c2csc3nc(SCc4ccc(C(=O)OC(C)C)cc4)[nH]c(=O)c23)cc1. The molecule has 0 atom stereocenters. The van der Waals surface area contributed by atoms with Crippen molar-refractivity contribution < 1.29 is 9.53 Å². The van der Waals surface area contributed by atoms with Crippen molar-refractivity contribution in [2.75, 3.05) is 0 Å². The quantitative estimate of drug-likeness (QED) is 0.228. The summed E-state index contributed by atoms with van der Waals surface area (Å²) in [6.45, 7) is 5.69. The molecule has 4 rings (SSSR count). The summed E-state index contributed by atoms with van der Waals surface area (Å²) in [5.74, 6) is 0.303. The minimum absolute atomic E-state index is 0.129. The van der Waals surface area contributed by atoms with E-state index in [1.54, 1.807) is 12.1 Å². The Bertz CT molecular complexity index is 1270. The number of rotatable bonds is 6. The number of hydrogen-bond donors (Lipinski definition) is 1. The summed E-state index contributed by atoms with van der Waals surface area (Å²) in [6.07, 6.45) is -0.149. The molecule has 2 aromatic carbocycles. The molecule has 0 unspecified atom stereocenters. The molecule has 0 aliphatic rings. The molecule has 2 aromatic heterocycles. The lowest BCUT2D eigenvalue weighted by atomic mass is 10.1. The van der Waals surface area contributed by atoms with Gasteiger partial charge < -0.3 is 9.72 Å². The van der Waals surface area contributed by atoms with Gasteiger partial charge in [0.2, 0.25) is 0 Å². The number of aromatic amines is 1. The number of nitrogens with one attached hydrogen (secondary N) is 1. The Morgan fingerprint density at radius 3 is 2.52 bits per heavy atom. The number of thiophene rings is 1. The van der Waals surface area contributed by atoms with E-state index in [0.29, 0.717) is 21.9 Å². The van der Waals surface area contributed by atoms with E-state index in [-0.39, 0.29) is 17.6 Å². The highest BCUT2D eigenvalue weighted by molar-refractivity contribution is 7.98. The van der Waals surface area contributed by atoms with E-state index in [4.69, 9.17) is 4.74 Å². The second kappa shape index (κ2) is 9.08. The first-order chi connectivity index (χ1) is 14.9. The molecule has 0 aliphatic heterocycles. The van der Waals surface area contributed by atoms with Gasteiger partial charge in [0.25, 0.3) is 5.56 Å². The van der Waals surface area contributed by atoms with Crippen molar-refractivity contribution in [1.29, 1.82) is 0 Å². The third-order valence-corrected chi connectivity index (χ3v) is 6.51. The van der Waals surface area contributed by atoms with Gasteiger partial charge in [-0.25, -0.2) is 9.78 Å². The Morgan fingerprint density at radius 1 is 1.13 bits per heavy atom. The minimum Gasteiger partial charge on any atom is -0.459 e. The monoisotopic (exact) mass is 450 g/mol. The Hall–Kier alpha value is -2.90. The van der Waals surface area contributed by atoms with Crippen LogP contribution in [0.2, 0.25) is 0 Å². The summed E-state index contributed by atoms with van der Waals surface area (Å²) in [7, 11) is 0. The van der Waals surface area contributed by atoms with Gasteiger partial charge in [-0.15, -0.1) is 11.3 Å². The Morgan fingerprint density at radius 2 is 1.84 bits per heavy atom. The fraction of sp³-hybridized carbons (Fsp3) is 0.208. The van der Waals surface area contributed by atoms with Crippen LogP contribution in [0.5, 0.6) is 0 Å². The van der Waals surface area contributed by atoms with Crippen LogP contribution in [-0.4, -0.2) is 22.0 Å². The molecular formula is C24H22N2O3S2. The molecule has 0 saturated heterocycles. The predicted octanol–water partition coefficient (Wildman–Crippen LogP) is 5.82. The van der Waals surface area contributed by atoms with Crippen LogP contribution < -0.4 is 5.56 Å². The van der Waals surface area contributed by atoms with Crippen molar-refractivity contribution in [1.82, 2.24) is 9.97 Å². The lowest BCUT2D eigenvalue weighted by Gasteiger charge is -2.08. The molecule has 31 heavy (non-hydrogen) atoms. The zero-order valence-electron chi connectivity index (χ0n) is 17.5. The molecule has 0 saturated carbocycles. The number of nitrogens with zero attached hydrogens (tertiary/aromatic N) is 1. The third-order valence-electron chi connectivity index (χ3n) is 4.69. The van der Waals surface area contributed by atoms with Gasteiger partial charge >= 0.3 is 5.97 Å².